The van der Waals surface area contributed by atoms with Gasteiger partial charge in [-0.15, -0.1) is 0 Å². The van der Waals surface area contributed by atoms with Crippen LogP contribution in [0.4, 0.5) is 8.78 Å². The van der Waals surface area contributed by atoms with Gasteiger partial charge in [0, 0.05) is 6.04 Å². The van der Waals surface area contributed by atoms with Crippen molar-refractivity contribution in [1.29, 1.82) is 0 Å². The summed E-state index contributed by atoms with van der Waals surface area (Å²) in [5, 5.41) is 3.29. The maximum Gasteiger partial charge on any atom is 0.267 e. The van der Waals surface area contributed by atoms with Crippen molar-refractivity contribution in [3.8, 4) is 5.75 Å². The summed E-state index contributed by atoms with van der Waals surface area (Å²) in [7, 11) is 1.43. The lowest BCUT2D eigenvalue weighted by Gasteiger charge is -2.26. The predicted octanol–water partition coefficient (Wildman–Crippen LogP) is 3.45. The van der Waals surface area contributed by atoms with Gasteiger partial charge in [0.2, 0.25) is 0 Å². The third-order valence-electron chi connectivity index (χ3n) is 3.22. The van der Waals surface area contributed by atoms with Gasteiger partial charge in [-0.25, -0.2) is 8.78 Å². The Morgan fingerprint density at radius 1 is 1.35 bits per heavy atom. The Labute approximate surface area is 100.0 Å². The number of ether oxygens (including phenoxy) is 1. The van der Waals surface area contributed by atoms with Crippen molar-refractivity contribution in [3.05, 3.63) is 29.3 Å². The van der Waals surface area contributed by atoms with Gasteiger partial charge in [0.1, 0.15) is 5.75 Å². The lowest BCUT2D eigenvalue weighted by Crippen LogP contribution is -2.27. The second-order valence-corrected chi connectivity index (χ2v) is 4.27. The Balaban J connectivity index is 2.37. The Morgan fingerprint density at radius 3 is 2.76 bits per heavy atom. The minimum Gasteiger partial charge on any atom is -0.496 e. The highest BCUT2D eigenvalue weighted by Crippen LogP contribution is 2.37. The molecule has 0 aliphatic carbocycles. The number of halogens is 2. The zero-order valence-electron chi connectivity index (χ0n) is 9.88. The molecule has 1 heterocycles. The molecule has 1 unspecified atom stereocenters. The Bertz CT molecular complexity index is 376. The molecule has 17 heavy (non-hydrogen) atoms. The first-order valence-electron chi connectivity index (χ1n) is 5.92. The maximum absolute atomic E-state index is 13.1. The van der Waals surface area contributed by atoms with Gasteiger partial charge in [-0.3, -0.25) is 0 Å². The number of methoxy groups -OCH3 is 1. The van der Waals surface area contributed by atoms with Crippen molar-refractivity contribution in [1.82, 2.24) is 5.32 Å². The van der Waals surface area contributed by atoms with Gasteiger partial charge in [0.05, 0.1) is 12.7 Å². The molecule has 1 N–H and O–H groups in total. The standard InChI is InChI=1S/C13H17F2NO/c1-17-11-7-4-5-9(12(11)13(14)15)10-6-2-3-8-16-10/h4-5,7,10,13,16H,2-3,6,8H2,1H3. The average Bonchev–Trinajstić information content (AvgIpc) is 2.38. The summed E-state index contributed by atoms with van der Waals surface area (Å²) in [6, 6.07) is 5.17. The summed E-state index contributed by atoms with van der Waals surface area (Å²) in [6.07, 6.45) is 0.611. The largest absolute Gasteiger partial charge is 0.496 e. The van der Waals surface area contributed by atoms with Crippen molar-refractivity contribution in [3.63, 3.8) is 0 Å². The van der Waals surface area contributed by atoms with Crippen molar-refractivity contribution in [2.75, 3.05) is 13.7 Å². The lowest BCUT2D eigenvalue weighted by atomic mass is 9.93. The van der Waals surface area contributed by atoms with Crippen LogP contribution >= 0.6 is 0 Å². The third-order valence-corrected chi connectivity index (χ3v) is 3.22. The van der Waals surface area contributed by atoms with Crippen LogP contribution in [-0.2, 0) is 0 Å². The number of hydrogen-bond acceptors (Lipinski definition) is 2. The molecule has 1 fully saturated rings. The highest BCUT2D eigenvalue weighted by Gasteiger charge is 2.24. The van der Waals surface area contributed by atoms with Gasteiger partial charge in [-0.05, 0) is 31.0 Å². The van der Waals surface area contributed by atoms with Crippen LogP contribution in [0.1, 0.15) is 42.9 Å². The highest BCUT2D eigenvalue weighted by atomic mass is 19.3. The van der Waals surface area contributed by atoms with E-state index in [-0.39, 0.29) is 17.4 Å². The molecule has 1 aromatic carbocycles. The van der Waals surface area contributed by atoms with E-state index in [1.165, 1.54) is 7.11 Å². The number of piperidine rings is 1. The van der Waals surface area contributed by atoms with E-state index in [1.807, 2.05) is 0 Å². The molecule has 0 amide bonds. The van der Waals surface area contributed by atoms with E-state index in [0.717, 1.165) is 25.8 Å². The van der Waals surface area contributed by atoms with Gasteiger partial charge in [0.15, 0.2) is 0 Å². The molecule has 0 spiro atoms. The number of hydrogen-bond donors (Lipinski definition) is 1. The van der Waals surface area contributed by atoms with Gasteiger partial charge in [-0.2, -0.15) is 0 Å². The van der Waals surface area contributed by atoms with Crippen LogP contribution in [0.2, 0.25) is 0 Å². The molecule has 2 nitrogen and oxygen atoms in total. The molecular formula is C13H17F2NO. The van der Waals surface area contributed by atoms with E-state index in [4.69, 9.17) is 4.74 Å². The number of rotatable bonds is 3. The lowest BCUT2D eigenvalue weighted by molar-refractivity contribution is 0.144. The van der Waals surface area contributed by atoms with E-state index < -0.39 is 6.43 Å². The van der Waals surface area contributed by atoms with Crippen molar-refractivity contribution >= 4 is 0 Å². The predicted molar refractivity (Wildman–Crippen MR) is 62.5 cm³/mol. The van der Waals surface area contributed by atoms with Crippen molar-refractivity contribution < 1.29 is 13.5 Å². The monoisotopic (exact) mass is 241 g/mol. The van der Waals surface area contributed by atoms with Gasteiger partial charge in [-0.1, -0.05) is 18.6 Å². The van der Waals surface area contributed by atoms with Gasteiger partial charge >= 0.3 is 0 Å². The average molecular weight is 241 g/mol. The zero-order valence-corrected chi connectivity index (χ0v) is 9.88. The fraction of sp³-hybridized carbons (Fsp3) is 0.538. The van der Waals surface area contributed by atoms with Gasteiger partial charge in [0.25, 0.3) is 6.43 Å². The summed E-state index contributed by atoms with van der Waals surface area (Å²) < 4.78 is 31.3. The first-order chi connectivity index (χ1) is 8.24. The summed E-state index contributed by atoms with van der Waals surface area (Å²) >= 11 is 0. The minimum absolute atomic E-state index is 0.0304. The minimum atomic E-state index is -2.50. The molecule has 1 aliphatic heterocycles. The third kappa shape index (κ3) is 2.57. The quantitative estimate of drug-likeness (QED) is 0.875. The number of alkyl halides is 2. The van der Waals surface area contributed by atoms with Crippen molar-refractivity contribution in [2.24, 2.45) is 0 Å². The first-order valence-corrected chi connectivity index (χ1v) is 5.92. The van der Waals surface area contributed by atoms with Crippen LogP contribution < -0.4 is 10.1 Å². The van der Waals surface area contributed by atoms with E-state index in [1.54, 1.807) is 18.2 Å². The summed E-state index contributed by atoms with van der Waals surface area (Å²) in [6.45, 7) is 0.893. The fourth-order valence-electron chi connectivity index (χ4n) is 2.39. The SMILES string of the molecule is COc1cccc(C2CCCCN2)c1C(F)F. The number of benzene rings is 1. The topological polar surface area (TPSA) is 21.3 Å². The molecule has 0 bridgehead atoms. The van der Waals surface area contributed by atoms with E-state index in [0.29, 0.717) is 5.56 Å². The molecule has 1 saturated heterocycles. The first kappa shape index (κ1) is 12.3. The van der Waals surface area contributed by atoms with E-state index >= 15 is 0 Å². The molecule has 0 radical (unpaired) electrons. The highest BCUT2D eigenvalue weighted by molar-refractivity contribution is 5.43. The summed E-state index contributed by atoms with van der Waals surface area (Å²) in [5.74, 6) is 0.282. The summed E-state index contributed by atoms with van der Waals surface area (Å²) in [4.78, 5) is 0. The smallest absolute Gasteiger partial charge is 0.267 e. The molecule has 1 aromatic rings. The van der Waals surface area contributed by atoms with Crippen molar-refractivity contribution in [2.45, 2.75) is 31.7 Å². The Hall–Kier alpha value is -1.16. The van der Waals surface area contributed by atoms with Crippen LogP contribution in [-0.4, -0.2) is 13.7 Å². The van der Waals surface area contributed by atoms with Crippen LogP contribution in [0.5, 0.6) is 5.75 Å². The molecule has 0 aromatic heterocycles. The second kappa shape index (κ2) is 5.45. The maximum atomic E-state index is 13.1. The van der Waals surface area contributed by atoms with Crippen LogP contribution in [0.25, 0.3) is 0 Å². The van der Waals surface area contributed by atoms with E-state index in [9.17, 15) is 8.78 Å². The van der Waals surface area contributed by atoms with Crippen LogP contribution in [0.15, 0.2) is 18.2 Å². The molecule has 94 valence electrons. The summed E-state index contributed by atoms with van der Waals surface area (Å²) in [5.41, 5.74) is 0.716. The molecule has 0 saturated carbocycles. The normalized spacial score (nSPS) is 20.6. The second-order valence-electron chi connectivity index (χ2n) is 4.27. The van der Waals surface area contributed by atoms with Crippen LogP contribution in [0.3, 0.4) is 0 Å². The molecule has 1 atom stereocenters. The molecule has 1 aliphatic rings. The Kier molecular flexibility index (Phi) is 3.94. The fourth-order valence-corrected chi connectivity index (χ4v) is 2.39. The number of nitrogens with one attached hydrogen (secondary N) is 1. The zero-order chi connectivity index (χ0) is 12.3. The van der Waals surface area contributed by atoms with Gasteiger partial charge < -0.3 is 10.1 Å². The van der Waals surface area contributed by atoms with E-state index in [2.05, 4.69) is 5.32 Å². The van der Waals surface area contributed by atoms with Crippen LogP contribution in [0, 0.1) is 0 Å². The molecule has 4 heteroatoms. The molecular weight excluding hydrogens is 224 g/mol. The molecule has 2 rings (SSSR count). The Morgan fingerprint density at radius 2 is 2.18 bits per heavy atom.